The molecule has 2 heteroatoms. The minimum atomic E-state index is -0.124. The molecule has 0 saturated heterocycles. The molecule has 0 atom stereocenters. The fraction of sp³-hybridized carbons (Fsp3) is 0.750. The van der Waals surface area contributed by atoms with Crippen LogP contribution < -0.4 is 0 Å². The lowest BCUT2D eigenvalue weighted by molar-refractivity contribution is -0.141. The fourth-order valence-electron chi connectivity index (χ4n) is 1.12. The normalized spacial score (nSPS) is 10.7. The molecule has 0 spiro atoms. The molecule has 0 aromatic rings. The minimum Gasteiger partial charge on any atom is -0.461 e. The van der Waals surface area contributed by atoms with Crippen molar-refractivity contribution in [2.24, 2.45) is 0 Å². The van der Waals surface area contributed by atoms with Gasteiger partial charge in [-0.15, -0.1) is 0 Å². The van der Waals surface area contributed by atoms with Crippen LogP contribution in [0.15, 0.2) is 12.2 Å². The molecule has 0 rings (SSSR count). The Hall–Kier alpha value is -0.790. The van der Waals surface area contributed by atoms with Crippen LogP contribution in [0.1, 0.15) is 52.4 Å². The SMILES string of the molecule is CCCCCCC=CCOC(=O)CC. The Kier molecular flexibility index (Phi) is 9.71. The Bertz CT molecular complexity index is 162. The minimum absolute atomic E-state index is 0.124. The van der Waals surface area contributed by atoms with E-state index in [0.717, 1.165) is 6.42 Å². The number of unbranched alkanes of at least 4 members (excludes halogenated alkanes) is 4. The Morgan fingerprint density at radius 2 is 1.93 bits per heavy atom. The van der Waals surface area contributed by atoms with Gasteiger partial charge in [0.1, 0.15) is 6.61 Å². The molecule has 0 saturated carbocycles. The summed E-state index contributed by atoms with van der Waals surface area (Å²) >= 11 is 0. The first-order chi connectivity index (χ1) is 6.81. The van der Waals surface area contributed by atoms with E-state index in [-0.39, 0.29) is 5.97 Å². The lowest BCUT2D eigenvalue weighted by Gasteiger charge is -1.97. The van der Waals surface area contributed by atoms with Crippen LogP contribution in [0, 0.1) is 0 Å². The van der Waals surface area contributed by atoms with Crippen molar-refractivity contribution < 1.29 is 9.53 Å². The molecular formula is C12H22O2. The van der Waals surface area contributed by atoms with Gasteiger partial charge in [0.15, 0.2) is 0 Å². The van der Waals surface area contributed by atoms with E-state index in [9.17, 15) is 4.79 Å². The highest BCUT2D eigenvalue weighted by molar-refractivity contribution is 5.68. The summed E-state index contributed by atoms with van der Waals surface area (Å²) in [6.07, 6.45) is 10.7. The van der Waals surface area contributed by atoms with Gasteiger partial charge in [-0.2, -0.15) is 0 Å². The van der Waals surface area contributed by atoms with Gasteiger partial charge in [0, 0.05) is 6.42 Å². The number of rotatable bonds is 8. The van der Waals surface area contributed by atoms with Gasteiger partial charge in [0.25, 0.3) is 0 Å². The molecule has 14 heavy (non-hydrogen) atoms. The predicted molar refractivity (Wildman–Crippen MR) is 59.1 cm³/mol. The Morgan fingerprint density at radius 1 is 1.14 bits per heavy atom. The lowest BCUT2D eigenvalue weighted by atomic mass is 10.1. The third kappa shape index (κ3) is 9.30. The predicted octanol–water partition coefficient (Wildman–Crippen LogP) is 3.47. The first-order valence-corrected chi connectivity index (χ1v) is 5.61. The molecule has 0 heterocycles. The van der Waals surface area contributed by atoms with Crippen LogP contribution in [0.25, 0.3) is 0 Å². The van der Waals surface area contributed by atoms with E-state index in [2.05, 4.69) is 13.0 Å². The van der Waals surface area contributed by atoms with Gasteiger partial charge >= 0.3 is 5.97 Å². The summed E-state index contributed by atoms with van der Waals surface area (Å²) in [6, 6.07) is 0. The largest absolute Gasteiger partial charge is 0.461 e. The first-order valence-electron chi connectivity index (χ1n) is 5.61. The van der Waals surface area contributed by atoms with Gasteiger partial charge in [-0.25, -0.2) is 0 Å². The van der Waals surface area contributed by atoms with Crippen molar-refractivity contribution in [2.45, 2.75) is 52.4 Å². The zero-order valence-electron chi connectivity index (χ0n) is 9.42. The quantitative estimate of drug-likeness (QED) is 0.339. The number of hydrogen-bond acceptors (Lipinski definition) is 2. The van der Waals surface area contributed by atoms with E-state index < -0.39 is 0 Å². The van der Waals surface area contributed by atoms with E-state index in [1.54, 1.807) is 6.92 Å². The molecule has 0 amide bonds. The summed E-state index contributed by atoms with van der Waals surface area (Å²) in [5.74, 6) is -0.124. The Balaban J connectivity index is 3.15. The van der Waals surface area contributed by atoms with Crippen molar-refractivity contribution in [2.75, 3.05) is 6.61 Å². The highest BCUT2D eigenvalue weighted by atomic mass is 16.5. The van der Waals surface area contributed by atoms with Crippen LogP contribution >= 0.6 is 0 Å². The molecule has 82 valence electrons. The van der Waals surface area contributed by atoms with Gasteiger partial charge in [-0.05, 0) is 12.8 Å². The summed E-state index contributed by atoms with van der Waals surface area (Å²) in [4.78, 5) is 10.7. The molecule has 0 N–H and O–H groups in total. The number of ether oxygens (including phenoxy) is 1. The summed E-state index contributed by atoms with van der Waals surface area (Å²) in [7, 11) is 0. The number of carbonyl (C=O) groups excluding carboxylic acids is 1. The van der Waals surface area contributed by atoms with E-state index in [4.69, 9.17) is 4.74 Å². The summed E-state index contributed by atoms with van der Waals surface area (Å²) in [6.45, 7) is 4.44. The second-order valence-corrected chi connectivity index (χ2v) is 3.36. The molecule has 0 aromatic heterocycles. The van der Waals surface area contributed by atoms with Crippen LogP contribution in [0.2, 0.25) is 0 Å². The van der Waals surface area contributed by atoms with Gasteiger partial charge in [-0.3, -0.25) is 4.79 Å². The number of hydrogen-bond donors (Lipinski definition) is 0. The van der Waals surface area contributed by atoms with Crippen molar-refractivity contribution in [1.82, 2.24) is 0 Å². The van der Waals surface area contributed by atoms with Crippen LogP contribution in [0.4, 0.5) is 0 Å². The zero-order valence-corrected chi connectivity index (χ0v) is 9.42. The molecule has 0 unspecified atom stereocenters. The van der Waals surface area contributed by atoms with Crippen LogP contribution in [-0.2, 0) is 9.53 Å². The lowest BCUT2D eigenvalue weighted by Crippen LogP contribution is -2.01. The maximum atomic E-state index is 10.7. The topological polar surface area (TPSA) is 26.3 Å². The van der Waals surface area contributed by atoms with Crippen molar-refractivity contribution in [1.29, 1.82) is 0 Å². The molecule has 0 fully saturated rings. The number of esters is 1. The zero-order chi connectivity index (χ0) is 10.6. The molecule has 0 aliphatic heterocycles. The van der Waals surface area contributed by atoms with E-state index in [0.29, 0.717) is 13.0 Å². The van der Waals surface area contributed by atoms with Gasteiger partial charge < -0.3 is 4.74 Å². The van der Waals surface area contributed by atoms with E-state index >= 15 is 0 Å². The summed E-state index contributed by atoms with van der Waals surface area (Å²) in [5, 5.41) is 0. The third-order valence-electron chi connectivity index (χ3n) is 2.02. The average molecular weight is 198 g/mol. The van der Waals surface area contributed by atoms with Gasteiger partial charge in [0.05, 0.1) is 0 Å². The Labute approximate surface area is 87.3 Å². The first kappa shape index (κ1) is 13.2. The highest BCUT2D eigenvalue weighted by Gasteiger charge is 1.93. The molecule has 0 radical (unpaired) electrons. The maximum absolute atomic E-state index is 10.7. The second-order valence-electron chi connectivity index (χ2n) is 3.36. The summed E-state index contributed by atoms with van der Waals surface area (Å²) in [5.41, 5.74) is 0. The van der Waals surface area contributed by atoms with E-state index in [1.807, 2.05) is 6.08 Å². The Morgan fingerprint density at radius 3 is 2.57 bits per heavy atom. The molecule has 2 nitrogen and oxygen atoms in total. The van der Waals surface area contributed by atoms with Crippen LogP contribution in [-0.4, -0.2) is 12.6 Å². The fourth-order valence-corrected chi connectivity index (χ4v) is 1.12. The van der Waals surface area contributed by atoms with E-state index in [1.165, 1.54) is 25.7 Å². The number of allylic oxidation sites excluding steroid dienone is 1. The average Bonchev–Trinajstić information content (AvgIpc) is 2.21. The molecule has 0 aliphatic carbocycles. The molecular weight excluding hydrogens is 176 g/mol. The monoisotopic (exact) mass is 198 g/mol. The molecule has 0 aromatic carbocycles. The molecule has 0 bridgehead atoms. The van der Waals surface area contributed by atoms with Crippen LogP contribution in [0.3, 0.4) is 0 Å². The maximum Gasteiger partial charge on any atom is 0.305 e. The highest BCUT2D eigenvalue weighted by Crippen LogP contribution is 2.02. The smallest absolute Gasteiger partial charge is 0.305 e. The van der Waals surface area contributed by atoms with Crippen molar-refractivity contribution in [3.8, 4) is 0 Å². The van der Waals surface area contributed by atoms with Crippen LogP contribution in [0.5, 0.6) is 0 Å². The van der Waals surface area contributed by atoms with Crippen molar-refractivity contribution in [3.05, 3.63) is 12.2 Å². The van der Waals surface area contributed by atoms with Crippen molar-refractivity contribution in [3.63, 3.8) is 0 Å². The summed E-state index contributed by atoms with van der Waals surface area (Å²) < 4.78 is 4.89. The standard InChI is InChI=1S/C12H22O2/c1-3-5-6-7-8-9-10-11-14-12(13)4-2/h9-10H,3-8,11H2,1-2H3. The molecule has 0 aliphatic rings. The van der Waals surface area contributed by atoms with Crippen molar-refractivity contribution >= 4 is 5.97 Å². The van der Waals surface area contributed by atoms with Gasteiger partial charge in [-0.1, -0.05) is 45.3 Å². The number of carbonyl (C=O) groups is 1. The third-order valence-corrected chi connectivity index (χ3v) is 2.02. The second kappa shape index (κ2) is 10.3. The van der Waals surface area contributed by atoms with Gasteiger partial charge in [0.2, 0.25) is 0 Å².